The molecule has 20 heavy (non-hydrogen) atoms. The monoisotopic (exact) mass is 291 g/mol. The molecule has 5 heteroatoms. The Kier molecular flexibility index (Phi) is 4.74. The number of nitrogens with zero attached hydrogens (tertiary/aromatic N) is 1. The van der Waals surface area contributed by atoms with Gasteiger partial charge in [0.2, 0.25) is 0 Å². The number of aryl methyl sites for hydroxylation is 1. The van der Waals surface area contributed by atoms with Gasteiger partial charge in [-0.15, -0.1) is 11.3 Å². The Morgan fingerprint density at radius 3 is 2.75 bits per heavy atom. The van der Waals surface area contributed by atoms with Gasteiger partial charge in [0.25, 0.3) is 0 Å². The van der Waals surface area contributed by atoms with E-state index in [1.807, 2.05) is 38.1 Å². The largest absolute Gasteiger partial charge is 0.494 e. The molecule has 0 aliphatic rings. The van der Waals surface area contributed by atoms with Crippen molar-refractivity contribution in [1.82, 2.24) is 4.98 Å². The van der Waals surface area contributed by atoms with Gasteiger partial charge in [-0.1, -0.05) is 25.1 Å². The van der Waals surface area contributed by atoms with Crippen molar-refractivity contribution in [1.29, 1.82) is 0 Å². The third-order valence-electron chi connectivity index (χ3n) is 2.87. The van der Waals surface area contributed by atoms with Crippen molar-refractivity contribution in [2.24, 2.45) is 0 Å². The highest BCUT2D eigenvalue weighted by Crippen LogP contribution is 2.26. The third-order valence-corrected chi connectivity index (χ3v) is 4.10. The van der Waals surface area contributed by atoms with Gasteiger partial charge in [-0.2, -0.15) is 0 Å². The molecule has 0 aliphatic carbocycles. The molecule has 0 unspecified atom stereocenters. The number of hydrogen-bond donors (Lipinski definition) is 1. The Morgan fingerprint density at radius 1 is 1.35 bits per heavy atom. The first-order chi connectivity index (χ1) is 9.65. The number of hydrogen-bond acceptors (Lipinski definition) is 4. The van der Waals surface area contributed by atoms with Crippen LogP contribution in [0.3, 0.4) is 0 Å². The second-order valence-corrected chi connectivity index (χ2v) is 5.34. The van der Waals surface area contributed by atoms with Crippen LogP contribution in [0, 0.1) is 0 Å². The molecule has 0 amide bonds. The average molecular weight is 291 g/mol. The SMILES string of the molecule is CCOc1ccccc1Cc1nc(CC)sc1C(=O)O. The molecule has 0 spiro atoms. The number of carboxylic acids is 1. The van der Waals surface area contributed by atoms with Gasteiger partial charge in [-0.3, -0.25) is 0 Å². The first-order valence-electron chi connectivity index (χ1n) is 6.58. The van der Waals surface area contributed by atoms with E-state index < -0.39 is 5.97 Å². The maximum atomic E-state index is 11.3. The highest BCUT2D eigenvalue weighted by atomic mass is 32.1. The van der Waals surface area contributed by atoms with E-state index in [2.05, 4.69) is 4.98 Å². The van der Waals surface area contributed by atoms with Gasteiger partial charge in [-0.05, 0) is 19.4 Å². The number of ether oxygens (including phenoxy) is 1. The van der Waals surface area contributed by atoms with Crippen LogP contribution in [0.4, 0.5) is 0 Å². The molecule has 0 aliphatic heterocycles. The molecule has 0 fully saturated rings. The zero-order valence-electron chi connectivity index (χ0n) is 11.5. The number of aromatic carboxylic acids is 1. The van der Waals surface area contributed by atoms with E-state index >= 15 is 0 Å². The molecule has 0 radical (unpaired) electrons. The van der Waals surface area contributed by atoms with Crippen LogP contribution in [0.5, 0.6) is 5.75 Å². The zero-order valence-corrected chi connectivity index (χ0v) is 12.4. The summed E-state index contributed by atoms with van der Waals surface area (Å²) in [7, 11) is 0. The predicted octanol–water partition coefficient (Wildman–Crippen LogP) is 3.39. The number of carboxylic acid groups (broad SMARTS) is 1. The molecular formula is C15H17NO3S. The standard InChI is InChI=1S/C15H17NO3S/c1-3-13-16-11(14(20-13)15(17)18)9-10-7-5-6-8-12(10)19-4-2/h5-8H,3-4,9H2,1-2H3,(H,17,18). The molecule has 1 aromatic heterocycles. The quantitative estimate of drug-likeness (QED) is 0.886. The molecule has 0 bridgehead atoms. The van der Waals surface area contributed by atoms with E-state index in [1.54, 1.807) is 0 Å². The Morgan fingerprint density at radius 2 is 2.10 bits per heavy atom. The summed E-state index contributed by atoms with van der Waals surface area (Å²) in [6.45, 7) is 4.49. The van der Waals surface area contributed by atoms with E-state index in [-0.39, 0.29) is 0 Å². The molecule has 2 aromatic rings. The lowest BCUT2D eigenvalue weighted by Crippen LogP contribution is -2.02. The van der Waals surface area contributed by atoms with Crippen LogP contribution >= 0.6 is 11.3 Å². The Balaban J connectivity index is 2.34. The Hall–Kier alpha value is -1.88. The van der Waals surface area contributed by atoms with Gasteiger partial charge >= 0.3 is 5.97 Å². The van der Waals surface area contributed by atoms with Crippen molar-refractivity contribution in [3.05, 3.63) is 45.4 Å². The minimum Gasteiger partial charge on any atom is -0.494 e. The maximum absolute atomic E-state index is 11.3. The Bertz CT molecular complexity index is 607. The Labute approximate surface area is 122 Å². The highest BCUT2D eigenvalue weighted by molar-refractivity contribution is 7.13. The van der Waals surface area contributed by atoms with E-state index in [0.29, 0.717) is 23.6 Å². The number of carbonyl (C=O) groups is 1. The first-order valence-corrected chi connectivity index (χ1v) is 7.39. The molecule has 106 valence electrons. The first kappa shape index (κ1) is 14.5. The lowest BCUT2D eigenvalue weighted by Gasteiger charge is -2.09. The summed E-state index contributed by atoms with van der Waals surface area (Å²) >= 11 is 1.25. The van der Waals surface area contributed by atoms with Crippen molar-refractivity contribution >= 4 is 17.3 Å². The summed E-state index contributed by atoms with van der Waals surface area (Å²) in [5, 5.41) is 10.1. The zero-order chi connectivity index (χ0) is 14.5. The van der Waals surface area contributed by atoms with Crippen LogP contribution < -0.4 is 4.74 Å². The van der Waals surface area contributed by atoms with Crippen molar-refractivity contribution in [3.8, 4) is 5.75 Å². The fourth-order valence-electron chi connectivity index (χ4n) is 1.97. The predicted molar refractivity (Wildman–Crippen MR) is 78.9 cm³/mol. The molecular weight excluding hydrogens is 274 g/mol. The lowest BCUT2D eigenvalue weighted by molar-refractivity contribution is 0.0701. The molecule has 1 heterocycles. The summed E-state index contributed by atoms with van der Waals surface area (Å²) in [4.78, 5) is 16.0. The molecule has 2 rings (SSSR count). The molecule has 0 atom stereocenters. The second kappa shape index (κ2) is 6.52. The second-order valence-electron chi connectivity index (χ2n) is 4.26. The molecule has 0 saturated carbocycles. The van der Waals surface area contributed by atoms with E-state index in [9.17, 15) is 9.90 Å². The van der Waals surface area contributed by atoms with Crippen LogP contribution in [-0.4, -0.2) is 22.7 Å². The summed E-state index contributed by atoms with van der Waals surface area (Å²) in [6, 6.07) is 7.67. The van der Waals surface area contributed by atoms with Crippen molar-refractivity contribution in [2.45, 2.75) is 26.7 Å². The minimum absolute atomic E-state index is 0.327. The number of aromatic nitrogens is 1. The van der Waals surface area contributed by atoms with Crippen molar-refractivity contribution in [2.75, 3.05) is 6.61 Å². The maximum Gasteiger partial charge on any atom is 0.347 e. The van der Waals surface area contributed by atoms with Crippen molar-refractivity contribution < 1.29 is 14.6 Å². The number of thiazole rings is 1. The van der Waals surface area contributed by atoms with Gasteiger partial charge in [0, 0.05) is 12.0 Å². The molecule has 1 N–H and O–H groups in total. The summed E-state index contributed by atoms with van der Waals surface area (Å²) in [6.07, 6.45) is 1.23. The van der Waals surface area contributed by atoms with E-state index in [0.717, 1.165) is 22.7 Å². The molecule has 1 aromatic carbocycles. The number of rotatable bonds is 6. The number of benzene rings is 1. The topological polar surface area (TPSA) is 59.4 Å². The van der Waals surface area contributed by atoms with Crippen LogP contribution in [-0.2, 0) is 12.8 Å². The smallest absolute Gasteiger partial charge is 0.347 e. The van der Waals surface area contributed by atoms with Gasteiger partial charge in [0.05, 0.1) is 17.3 Å². The normalized spacial score (nSPS) is 10.5. The number of para-hydroxylation sites is 1. The van der Waals surface area contributed by atoms with Crippen LogP contribution in [0.2, 0.25) is 0 Å². The van der Waals surface area contributed by atoms with E-state index in [4.69, 9.17) is 4.74 Å². The average Bonchev–Trinajstić information content (AvgIpc) is 2.84. The van der Waals surface area contributed by atoms with E-state index in [1.165, 1.54) is 11.3 Å². The van der Waals surface area contributed by atoms with Gasteiger partial charge < -0.3 is 9.84 Å². The summed E-state index contributed by atoms with van der Waals surface area (Å²) in [5.74, 6) is -0.122. The van der Waals surface area contributed by atoms with Crippen LogP contribution in [0.1, 0.15) is 39.8 Å². The summed E-state index contributed by atoms with van der Waals surface area (Å²) in [5.41, 5.74) is 1.58. The summed E-state index contributed by atoms with van der Waals surface area (Å²) < 4.78 is 5.57. The third kappa shape index (κ3) is 3.17. The van der Waals surface area contributed by atoms with Gasteiger partial charge in [0.1, 0.15) is 10.6 Å². The van der Waals surface area contributed by atoms with Crippen LogP contribution in [0.25, 0.3) is 0 Å². The van der Waals surface area contributed by atoms with Crippen molar-refractivity contribution in [3.63, 3.8) is 0 Å². The fraction of sp³-hybridized carbons (Fsp3) is 0.333. The lowest BCUT2D eigenvalue weighted by atomic mass is 10.1. The minimum atomic E-state index is -0.911. The fourth-order valence-corrected chi connectivity index (χ4v) is 2.82. The highest BCUT2D eigenvalue weighted by Gasteiger charge is 2.18. The molecule has 4 nitrogen and oxygen atoms in total. The van der Waals surface area contributed by atoms with Gasteiger partial charge in [0.15, 0.2) is 0 Å². The van der Waals surface area contributed by atoms with Gasteiger partial charge in [-0.25, -0.2) is 9.78 Å². The molecule has 0 saturated heterocycles. The van der Waals surface area contributed by atoms with Crippen LogP contribution in [0.15, 0.2) is 24.3 Å².